The molecule has 17 heavy (non-hydrogen) atoms. The van der Waals surface area contributed by atoms with Gasteiger partial charge in [-0.25, -0.2) is 0 Å². The van der Waals surface area contributed by atoms with Gasteiger partial charge in [0.15, 0.2) is 0 Å². The zero-order chi connectivity index (χ0) is 13.1. The van der Waals surface area contributed by atoms with Crippen molar-refractivity contribution in [1.82, 2.24) is 5.32 Å². The van der Waals surface area contributed by atoms with Crippen LogP contribution >= 0.6 is 11.3 Å². The molecule has 1 aromatic heterocycles. The Morgan fingerprint density at radius 1 is 1.24 bits per heavy atom. The third kappa shape index (κ3) is 4.44. The molecular weight excluding hydrogens is 226 g/mol. The van der Waals surface area contributed by atoms with Crippen LogP contribution in [0.15, 0.2) is 17.5 Å². The van der Waals surface area contributed by atoms with Crippen LogP contribution in [0.1, 0.15) is 46.4 Å². The second-order valence-electron chi connectivity index (χ2n) is 6.76. The fourth-order valence-corrected chi connectivity index (χ4v) is 2.51. The highest BCUT2D eigenvalue weighted by atomic mass is 32.1. The van der Waals surface area contributed by atoms with Gasteiger partial charge in [0.1, 0.15) is 0 Å². The summed E-state index contributed by atoms with van der Waals surface area (Å²) in [6.45, 7) is 16.0. The lowest BCUT2D eigenvalue weighted by molar-refractivity contribution is 0.248. The van der Waals surface area contributed by atoms with Gasteiger partial charge < -0.3 is 5.32 Å². The van der Waals surface area contributed by atoms with Crippen molar-refractivity contribution in [2.45, 2.75) is 47.0 Å². The third-order valence-electron chi connectivity index (χ3n) is 3.68. The Bertz CT molecular complexity index is 319. The van der Waals surface area contributed by atoms with Gasteiger partial charge in [0.05, 0.1) is 0 Å². The summed E-state index contributed by atoms with van der Waals surface area (Å²) in [6.07, 6.45) is 0. The molecule has 1 nitrogen and oxygen atoms in total. The maximum absolute atomic E-state index is 3.63. The summed E-state index contributed by atoms with van der Waals surface area (Å²) in [4.78, 5) is 1.47. The van der Waals surface area contributed by atoms with Crippen molar-refractivity contribution in [2.24, 2.45) is 11.3 Å². The summed E-state index contributed by atoms with van der Waals surface area (Å²) < 4.78 is 0. The lowest BCUT2D eigenvalue weighted by atomic mass is 9.82. The van der Waals surface area contributed by atoms with E-state index in [2.05, 4.69) is 64.4 Å². The van der Waals surface area contributed by atoms with E-state index in [1.54, 1.807) is 0 Å². The predicted molar refractivity (Wildman–Crippen MR) is 78.8 cm³/mol. The number of rotatable bonds is 5. The van der Waals surface area contributed by atoms with Crippen LogP contribution in [-0.4, -0.2) is 13.1 Å². The summed E-state index contributed by atoms with van der Waals surface area (Å²) in [6, 6.07) is 4.37. The topological polar surface area (TPSA) is 12.0 Å². The SMILES string of the molecule is CC(CNCC(C)(C)c1cccs1)C(C)(C)C. The summed E-state index contributed by atoms with van der Waals surface area (Å²) in [5.74, 6) is 0.696. The van der Waals surface area contributed by atoms with Crippen molar-refractivity contribution in [3.63, 3.8) is 0 Å². The standard InChI is InChI=1S/C15H27NS/c1-12(14(2,3)4)10-16-11-15(5,6)13-8-7-9-17-13/h7-9,12,16H,10-11H2,1-6H3. The largest absolute Gasteiger partial charge is 0.316 e. The van der Waals surface area contributed by atoms with E-state index >= 15 is 0 Å². The van der Waals surface area contributed by atoms with E-state index in [1.165, 1.54) is 4.88 Å². The molecule has 0 saturated heterocycles. The minimum Gasteiger partial charge on any atom is -0.316 e. The summed E-state index contributed by atoms with van der Waals surface area (Å²) >= 11 is 1.85. The maximum Gasteiger partial charge on any atom is 0.0115 e. The third-order valence-corrected chi connectivity index (χ3v) is 4.92. The van der Waals surface area contributed by atoms with E-state index in [0.29, 0.717) is 11.3 Å². The van der Waals surface area contributed by atoms with Crippen molar-refractivity contribution < 1.29 is 0 Å². The van der Waals surface area contributed by atoms with Gasteiger partial charge in [0, 0.05) is 16.8 Å². The Morgan fingerprint density at radius 2 is 1.88 bits per heavy atom. The fourth-order valence-electron chi connectivity index (χ4n) is 1.66. The number of hydrogen-bond acceptors (Lipinski definition) is 2. The molecule has 98 valence electrons. The molecule has 1 atom stereocenters. The zero-order valence-corrected chi connectivity index (χ0v) is 12.9. The average molecular weight is 253 g/mol. The average Bonchev–Trinajstić information content (AvgIpc) is 2.68. The van der Waals surface area contributed by atoms with Gasteiger partial charge in [-0.05, 0) is 29.3 Å². The first kappa shape index (κ1) is 14.7. The van der Waals surface area contributed by atoms with Gasteiger partial charge in [-0.2, -0.15) is 0 Å². The van der Waals surface area contributed by atoms with E-state index in [9.17, 15) is 0 Å². The Labute approximate surface area is 111 Å². The van der Waals surface area contributed by atoms with Crippen LogP contribution in [0.4, 0.5) is 0 Å². The molecule has 0 radical (unpaired) electrons. The monoisotopic (exact) mass is 253 g/mol. The molecule has 0 aliphatic heterocycles. The molecule has 1 unspecified atom stereocenters. The predicted octanol–water partition coefficient (Wildman–Crippen LogP) is 4.30. The van der Waals surface area contributed by atoms with Crippen LogP contribution in [-0.2, 0) is 5.41 Å². The van der Waals surface area contributed by atoms with Crippen molar-refractivity contribution in [3.05, 3.63) is 22.4 Å². The van der Waals surface area contributed by atoms with E-state index in [-0.39, 0.29) is 5.41 Å². The van der Waals surface area contributed by atoms with Crippen LogP contribution in [0.2, 0.25) is 0 Å². The second kappa shape index (κ2) is 5.53. The van der Waals surface area contributed by atoms with Gasteiger partial charge in [0.2, 0.25) is 0 Å². The molecule has 2 heteroatoms. The molecule has 1 rings (SSSR count). The van der Waals surface area contributed by atoms with Crippen LogP contribution < -0.4 is 5.32 Å². The number of hydrogen-bond donors (Lipinski definition) is 1. The van der Waals surface area contributed by atoms with E-state index < -0.39 is 0 Å². The number of nitrogens with one attached hydrogen (secondary N) is 1. The van der Waals surface area contributed by atoms with Gasteiger partial charge in [-0.3, -0.25) is 0 Å². The molecule has 1 heterocycles. The minimum atomic E-state index is 0.242. The fraction of sp³-hybridized carbons (Fsp3) is 0.733. The van der Waals surface area contributed by atoms with Gasteiger partial charge in [-0.15, -0.1) is 11.3 Å². The highest BCUT2D eigenvalue weighted by Gasteiger charge is 2.23. The van der Waals surface area contributed by atoms with E-state index in [0.717, 1.165) is 13.1 Å². The highest BCUT2D eigenvalue weighted by Crippen LogP contribution is 2.28. The molecule has 0 aromatic carbocycles. The highest BCUT2D eigenvalue weighted by molar-refractivity contribution is 7.10. The summed E-state index contributed by atoms with van der Waals surface area (Å²) in [5.41, 5.74) is 0.631. The lowest BCUT2D eigenvalue weighted by Gasteiger charge is -2.30. The Morgan fingerprint density at radius 3 is 2.35 bits per heavy atom. The Balaban J connectivity index is 2.41. The molecule has 0 fully saturated rings. The molecule has 0 spiro atoms. The van der Waals surface area contributed by atoms with Gasteiger partial charge >= 0.3 is 0 Å². The van der Waals surface area contributed by atoms with E-state index in [1.807, 2.05) is 11.3 Å². The quantitative estimate of drug-likeness (QED) is 0.825. The van der Waals surface area contributed by atoms with Gasteiger partial charge in [-0.1, -0.05) is 47.6 Å². The molecule has 0 saturated carbocycles. The maximum atomic E-state index is 3.63. The molecule has 0 aliphatic carbocycles. The first-order valence-electron chi connectivity index (χ1n) is 6.48. The van der Waals surface area contributed by atoms with Crippen molar-refractivity contribution in [2.75, 3.05) is 13.1 Å². The Hall–Kier alpha value is -0.340. The zero-order valence-electron chi connectivity index (χ0n) is 12.1. The smallest absolute Gasteiger partial charge is 0.0115 e. The molecule has 0 bridgehead atoms. The lowest BCUT2D eigenvalue weighted by Crippen LogP contribution is -2.37. The normalized spacial score (nSPS) is 14.9. The van der Waals surface area contributed by atoms with Crippen LogP contribution in [0.5, 0.6) is 0 Å². The molecular formula is C15H27NS. The van der Waals surface area contributed by atoms with Crippen LogP contribution in [0.3, 0.4) is 0 Å². The molecule has 0 amide bonds. The van der Waals surface area contributed by atoms with E-state index in [4.69, 9.17) is 0 Å². The summed E-state index contributed by atoms with van der Waals surface area (Å²) in [7, 11) is 0. The van der Waals surface area contributed by atoms with Crippen molar-refractivity contribution in [1.29, 1.82) is 0 Å². The van der Waals surface area contributed by atoms with Crippen molar-refractivity contribution in [3.8, 4) is 0 Å². The summed E-state index contributed by atoms with van der Waals surface area (Å²) in [5, 5.41) is 5.79. The first-order valence-corrected chi connectivity index (χ1v) is 7.36. The van der Waals surface area contributed by atoms with Crippen LogP contribution in [0.25, 0.3) is 0 Å². The first-order chi connectivity index (χ1) is 7.73. The number of thiophene rings is 1. The Kier molecular flexibility index (Phi) is 4.79. The molecule has 1 aromatic rings. The minimum absolute atomic E-state index is 0.242. The van der Waals surface area contributed by atoms with Gasteiger partial charge in [0.25, 0.3) is 0 Å². The van der Waals surface area contributed by atoms with Crippen LogP contribution in [0, 0.1) is 11.3 Å². The molecule has 1 N–H and O–H groups in total. The second-order valence-corrected chi connectivity index (χ2v) is 7.71. The molecule has 0 aliphatic rings. The van der Waals surface area contributed by atoms with Crippen molar-refractivity contribution >= 4 is 11.3 Å².